The van der Waals surface area contributed by atoms with Crippen molar-refractivity contribution < 1.29 is 4.79 Å². The molecule has 0 bridgehead atoms. The maximum Gasteiger partial charge on any atom is 0.246 e. The van der Waals surface area contributed by atoms with Crippen molar-refractivity contribution in [3.63, 3.8) is 0 Å². The second kappa shape index (κ2) is 5.99. The van der Waals surface area contributed by atoms with Crippen LogP contribution in [0.15, 0.2) is 30.5 Å². The molecule has 25 heavy (non-hydrogen) atoms. The van der Waals surface area contributed by atoms with Gasteiger partial charge in [0.15, 0.2) is 5.65 Å². The highest BCUT2D eigenvalue weighted by molar-refractivity contribution is 5.92. The van der Waals surface area contributed by atoms with Crippen LogP contribution in [0.1, 0.15) is 41.1 Å². The predicted octanol–water partition coefficient (Wildman–Crippen LogP) is 3.87. The summed E-state index contributed by atoms with van der Waals surface area (Å²) in [6.45, 7) is 6.21. The van der Waals surface area contributed by atoms with Crippen molar-refractivity contribution in [2.24, 2.45) is 0 Å². The molecule has 1 N–H and O–H groups in total. The number of fused-ring (bicyclic) bond motifs is 1. The molecule has 0 aliphatic heterocycles. The van der Waals surface area contributed by atoms with Crippen LogP contribution in [0.4, 0.5) is 5.69 Å². The fourth-order valence-corrected chi connectivity index (χ4v) is 3.54. The number of carbonyl (C=O) groups is 1. The van der Waals surface area contributed by atoms with Crippen LogP contribution in [0.25, 0.3) is 11.0 Å². The van der Waals surface area contributed by atoms with Gasteiger partial charge in [-0.1, -0.05) is 6.07 Å². The van der Waals surface area contributed by atoms with Gasteiger partial charge in [0.1, 0.15) is 6.54 Å². The molecule has 2 aromatic heterocycles. The minimum absolute atomic E-state index is 0.0898. The van der Waals surface area contributed by atoms with Crippen molar-refractivity contribution >= 4 is 22.6 Å². The normalized spacial score (nSPS) is 14.0. The molecule has 1 saturated carbocycles. The van der Waals surface area contributed by atoms with Gasteiger partial charge in [0, 0.05) is 17.3 Å². The summed E-state index contributed by atoms with van der Waals surface area (Å²) in [5.41, 5.74) is 6.16. The number of benzene rings is 1. The van der Waals surface area contributed by atoms with Gasteiger partial charge in [-0.25, -0.2) is 9.67 Å². The van der Waals surface area contributed by atoms with E-state index in [9.17, 15) is 4.79 Å². The number of nitrogens with one attached hydrogen (secondary N) is 1. The zero-order valence-electron chi connectivity index (χ0n) is 14.8. The van der Waals surface area contributed by atoms with Crippen molar-refractivity contribution in [2.75, 3.05) is 5.32 Å². The number of anilines is 1. The quantitative estimate of drug-likeness (QED) is 0.788. The third-order valence-electron chi connectivity index (χ3n) is 4.66. The van der Waals surface area contributed by atoms with Crippen molar-refractivity contribution in [1.82, 2.24) is 14.8 Å². The van der Waals surface area contributed by atoms with Crippen LogP contribution >= 0.6 is 0 Å². The van der Waals surface area contributed by atoms with E-state index in [1.54, 1.807) is 4.68 Å². The second-order valence-corrected chi connectivity index (χ2v) is 7.04. The van der Waals surface area contributed by atoms with Crippen molar-refractivity contribution in [3.05, 3.63) is 52.8 Å². The van der Waals surface area contributed by atoms with Crippen LogP contribution in [-0.4, -0.2) is 20.7 Å². The first kappa shape index (κ1) is 15.8. The second-order valence-electron chi connectivity index (χ2n) is 7.04. The molecule has 0 unspecified atom stereocenters. The molecule has 1 aliphatic carbocycles. The lowest BCUT2D eigenvalue weighted by Gasteiger charge is -2.08. The molecule has 0 radical (unpaired) electrons. The fourth-order valence-electron chi connectivity index (χ4n) is 3.54. The minimum Gasteiger partial charge on any atom is -0.324 e. The van der Waals surface area contributed by atoms with E-state index in [1.165, 1.54) is 18.4 Å². The van der Waals surface area contributed by atoms with E-state index in [1.807, 2.05) is 39.1 Å². The molecule has 3 aromatic rings. The third-order valence-corrected chi connectivity index (χ3v) is 4.66. The van der Waals surface area contributed by atoms with E-state index in [4.69, 9.17) is 0 Å². The van der Waals surface area contributed by atoms with E-state index >= 15 is 0 Å². The molecule has 2 heterocycles. The summed E-state index contributed by atoms with van der Waals surface area (Å²) in [5, 5.41) is 8.65. The molecular formula is C20H22N4O. The zero-order chi connectivity index (χ0) is 17.6. The lowest BCUT2D eigenvalue weighted by Crippen LogP contribution is -2.20. The summed E-state index contributed by atoms with van der Waals surface area (Å²) < 4.78 is 1.72. The number of hydrogen-bond donors (Lipinski definition) is 1. The number of hydrogen-bond acceptors (Lipinski definition) is 3. The third kappa shape index (κ3) is 3.14. The van der Waals surface area contributed by atoms with Gasteiger partial charge in [-0.05, 0) is 74.4 Å². The van der Waals surface area contributed by atoms with E-state index in [2.05, 4.69) is 27.5 Å². The Morgan fingerprint density at radius 2 is 1.92 bits per heavy atom. The maximum atomic E-state index is 12.5. The molecule has 1 fully saturated rings. The predicted molar refractivity (Wildman–Crippen MR) is 98.8 cm³/mol. The lowest BCUT2D eigenvalue weighted by atomic mass is 10.1. The molecule has 1 aliphatic rings. The average Bonchev–Trinajstić information content (AvgIpc) is 3.32. The molecule has 5 nitrogen and oxygen atoms in total. The van der Waals surface area contributed by atoms with Crippen molar-refractivity contribution in [3.8, 4) is 0 Å². The molecule has 0 spiro atoms. The Hall–Kier alpha value is -2.69. The number of rotatable bonds is 4. The number of amides is 1. The van der Waals surface area contributed by atoms with Gasteiger partial charge in [-0.2, -0.15) is 5.10 Å². The molecule has 4 rings (SSSR count). The van der Waals surface area contributed by atoms with E-state index < -0.39 is 0 Å². The molecule has 0 saturated heterocycles. The molecular weight excluding hydrogens is 312 g/mol. The Labute approximate surface area is 147 Å². The van der Waals surface area contributed by atoms with Gasteiger partial charge in [0.2, 0.25) is 5.91 Å². The molecule has 128 valence electrons. The van der Waals surface area contributed by atoms with Crippen LogP contribution in [0.3, 0.4) is 0 Å². The van der Waals surface area contributed by atoms with E-state index in [-0.39, 0.29) is 12.5 Å². The maximum absolute atomic E-state index is 12.5. The Bertz CT molecular complexity index is 949. The molecule has 1 amide bonds. The average molecular weight is 334 g/mol. The van der Waals surface area contributed by atoms with Gasteiger partial charge >= 0.3 is 0 Å². The molecule has 0 atom stereocenters. The minimum atomic E-state index is -0.0898. The Morgan fingerprint density at radius 3 is 2.60 bits per heavy atom. The first-order valence-electron chi connectivity index (χ1n) is 8.71. The first-order chi connectivity index (χ1) is 12.0. The van der Waals surface area contributed by atoms with Gasteiger partial charge < -0.3 is 5.32 Å². The smallest absolute Gasteiger partial charge is 0.246 e. The van der Waals surface area contributed by atoms with Gasteiger partial charge in [-0.15, -0.1) is 0 Å². The summed E-state index contributed by atoms with van der Waals surface area (Å²) in [6, 6.07) is 8.12. The number of pyridine rings is 1. The Balaban J connectivity index is 1.60. The summed E-state index contributed by atoms with van der Waals surface area (Å²) in [6.07, 6.45) is 4.29. The van der Waals surface area contributed by atoms with Crippen molar-refractivity contribution in [2.45, 2.75) is 46.1 Å². The van der Waals surface area contributed by atoms with Crippen molar-refractivity contribution in [1.29, 1.82) is 0 Å². The Kier molecular flexibility index (Phi) is 3.79. The fraction of sp³-hybridized carbons (Fsp3) is 0.350. The van der Waals surface area contributed by atoms with E-state index in [0.29, 0.717) is 5.92 Å². The van der Waals surface area contributed by atoms with Crippen LogP contribution in [0.2, 0.25) is 0 Å². The zero-order valence-corrected chi connectivity index (χ0v) is 14.8. The Morgan fingerprint density at radius 1 is 1.20 bits per heavy atom. The SMILES string of the molecule is Cc1cc(C)cc(NC(=O)Cn2nc(C)c3c(C4CC4)ccnc32)c1. The monoisotopic (exact) mass is 334 g/mol. The highest BCUT2D eigenvalue weighted by Crippen LogP contribution is 2.43. The number of nitrogens with zero attached hydrogens (tertiary/aromatic N) is 3. The number of aryl methyl sites for hydroxylation is 3. The first-order valence-corrected chi connectivity index (χ1v) is 8.71. The van der Waals surface area contributed by atoms with Gasteiger partial charge in [-0.3, -0.25) is 4.79 Å². The molecule has 1 aromatic carbocycles. The highest BCUT2D eigenvalue weighted by atomic mass is 16.2. The summed E-state index contributed by atoms with van der Waals surface area (Å²) >= 11 is 0. The van der Waals surface area contributed by atoms with Gasteiger partial charge in [0.05, 0.1) is 5.69 Å². The van der Waals surface area contributed by atoms with Gasteiger partial charge in [0.25, 0.3) is 0 Å². The number of carbonyl (C=O) groups excluding carboxylic acids is 1. The summed E-state index contributed by atoms with van der Waals surface area (Å²) in [7, 11) is 0. The van der Waals surface area contributed by atoms with Crippen LogP contribution in [0, 0.1) is 20.8 Å². The van der Waals surface area contributed by atoms with Crippen LogP contribution in [-0.2, 0) is 11.3 Å². The largest absolute Gasteiger partial charge is 0.324 e. The molecule has 5 heteroatoms. The van der Waals surface area contributed by atoms with Crippen LogP contribution < -0.4 is 5.32 Å². The topological polar surface area (TPSA) is 59.8 Å². The van der Waals surface area contributed by atoms with Crippen LogP contribution in [0.5, 0.6) is 0 Å². The highest BCUT2D eigenvalue weighted by Gasteiger charge is 2.27. The summed E-state index contributed by atoms with van der Waals surface area (Å²) in [5.74, 6) is 0.541. The summed E-state index contributed by atoms with van der Waals surface area (Å²) in [4.78, 5) is 17.0. The number of aromatic nitrogens is 3. The van der Waals surface area contributed by atoms with E-state index in [0.717, 1.165) is 33.5 Å². The lowest BCUT2D eigenvalue weighted by molar-refractivity contribution is -0.116. The standard InChI is InChI=1S/C20H22N4O/c1-12-8-13(2)10-16(9-12)22-18(25)11-24-20-19(14(3)23-24)17(6-7-21-20)15-4-5-15/h6-10,15H,4-5,11H2,1-3H3,(H,22,25).